The van der Waals surface area contributed by atoms with Gasteiger partial charge in [-0.25, -0.2) is 4.98 Å². The number of para-hydroxylation sites is 1. The number of hydrogen-bond acceptors (Lipinski definition) is 5. The van der Waals surface area contributed by atoms with Crippen LogP contribution in [0.3, 0.4) is 0 Å². The number of aryl methyl sites for hydroxylation is 2. The molecule has 134 valence electrons. The molecule has 0 radical (unpaired) electrons. The molecule has 1 aromatic carbocycles. The Labute approximate surface area is 149 Å². The maximum absolute atomic E-state index is 9.59. The maximum atomic E-state index is 9.59. The molecule has 1 aliphatic rings. The van der Waals surface area contributed by atoms with Gasteiger partial charge in [0.2, 0.25) is 5.95 Å². The average molecular weight is 340 g/mol. The molecule has 5 nitrogen and oxygen atoms in total. The molecule has 3 N–H and O–H groups in total. The van der Waals surface area contributed by atoms with Crippen LogP contribution in [0, 0.1) is 19.8 Å². The van der Waals surface area contributed by atoms with Gasteiger partial charge in [-0.3, -0.25) is 0 Å². The second-order valence-corrected chi connectivity index (χ2v) is 7.35. The molecular formula is C20H28N4O. The summed E-state index contributed by atoms with van der Waals surface area (Å²) in [5.41, 5.74) is 4.55. The van der Waals surface area contributed by atoms with Gasteiger partial charge in [0.15, 0.2) is 0 Å². The van der Waals surface area contributed by atoms with Crippen LogP contribution in [0.1, 0.15) is 49.4 Å². The van der Waals surface area contributed by atoms with E-state index in [2.05, 4.69) is 72.6 Å². The quantitative estimate of drug-likeness (QED) is 0.706. The first-order valence-corrected chi connectivity index (χ1v) is 9.07. The van der Waals surface area contributed by atoms with E-state index >= 15 is 0 Å². The van der Waals surface area contributed by atoms with Crippen molar-refractivity contribution in [3.8, 4) is 0 Å². The molecule has 2 aromatic rings. The van der Waals surface area contributed by atoms with E-state index in [0.717, 1.165) is 17.2 Å². The summed E-state index contributed by atoms with van der Waals surface area (Å²) in [6.07, 6.45) is 2.37. The van der Waals surface area contributed by atoms with Gasteiger partial charge in [0.05, 0.1) is 18.3 Å². The second kappa shape index (κ2) is 7.40. The fraction of sp³-hybridized carbons (Fsp3) is 0.500. The molecule has 1 saturated carbocycles. The lowest BCUT2D eigenvalue weighted by atomic mass is 10.1. The minimum Gasteiger partial charge on any atom is -0.394 e. The van der Waals surface area contributed by atoms with Gasteiger partial charge >= 0.3 is 0 Å². The van der Waals surface area contributed by atoms with Gasteiger partial charge in [-0.15, -0.1) is 0 Å². The second-order valence-electron chi connectivity index (χ2n) is 7.35. The normalized spacial score (nSPS) is 15.3. The number of nitrogens with one attached hydrogen (secondary N) is 2. The van der Waals surface area contributed by atoms with Crippen molar-refractivity contribution in [1.82, 2.24) is 9.97 Å². The van der Waals surface area contributed by atoms with E-state index < -0.39 is 0 Å². The number of anilines is 3. The molecule has 25 heavy (non-hydrogen) atoms. The van der Waals surface area contributed by atoms with E-state index in [9.17, 15) is 5.11 Å². The third-order valence-electron chi connectivity index (χ3n) is 4.79. The first-order valence-electron chi connectivity index (χ1n) is 9.07. The SMILES string of the molecule is Cc1cccc(C)c1Nc1cc(C2CC2)nc(N[C@@H](CO)C(C)C)n1. The average Bonchev–Trinajstić information content (AvgIpc) is 3.41. The van der Waals surface area contributed by atoms with E-state index in [1.807, 2.05) is 0 Å². The Balaban J connectivity index is 1.90. The Morgan fingerprint density at radius 1 is 1.16 bits per heavy atom. The highest BCUT2D eigenvalue weighted by Gasteiger charge is 2.27. The Bertz CT molecular complexity index is 720. The van der Waals surface area contributed by atoms with E-state index in [4.69, 9.17) is 0 Å². The molecular weight excluding hydrogens is 312 g/mol. The number of benzene rings is 1. The minimum atomic E-state index is -0.0532. The molecule has 0 saturated heterocycles. The summed E-state index contributed by atoms with van der Waals surface area (Å²) in [6.45, 7) is 8.41. The highest BCUT2D eigenvalue weighted by Crippen LogP contribution is 2.40. The highest BCUT2D eigenvalue weighted by atomic mass is 16.3. The number of rotatable bonds is 7. The molecule has 1 aromatic heterocycles. The van der Waals surface area contributed by atoms with E-state index in [-0.39, 0.29) is 12.6 Å². The van der Waals surface area contributed by atoms with Crippen LogP contribution >= 0.6 is 0 Å². The topological polar surface area (TPSA) is 70.1 Å². The van der Waals surface area contributed by atoms with Crippen molar-refractivity contribution in [2.24, 2.45) is 5.92 Å². The standard InChI is InChI=1S/C20H28N4O/c1-12(2)17(11-25)22-20-21-16(15-8-9-15)10-18(24-20)23-19-13(3)6-5-7-14(19)4/h5-7,10,12,15,17,25H,8-9,11H2,1-4H3,(H2,21,22,23,24)/t17-/m0/s1. The van der Waals surface area contributed by atoms with Crippen molar-refractivity contribution in [1.29, 1.82) is 0 Å². The van der Waals surface area contributed by atoms with Crippen molar-refractivity contribution < 1.29 is 5.11 Å². The monoisotopic (exact) mass is 340 g/mol. The largest absolute Gasteiger partial charge is 0.394 e. The Kier molecular flexibility index (Phi) is 5.23. The molecule has 0 bridgehead atoms. The van der Waals surface area contributed by atoms with Gasteiger partial charge in [0.1, 0.15) is 5.82 Å². The molecule has 1 atom stereocenters. The van der Waals surface area contributed by atoms with Crippen molar-refractivity contribution >= 4 is 17.5 Å². The first kappa shape index (κ1) is 17.7. The summed E-state index contributed by atoms with van der Waals surface area (Å²) >= 11 is 0. The van der Waals surface area contributed by atoms with Gasteiger partial charge in [0.25, 0.3) is 0 Å². The summed E-state index contributed by atoms with van der Waals surface area (Å²) in [4.78, 5) is 9.33. The van der Waals surface area contributed by atoms with Crippen LogP contribution in [0.5, 0.6) is 0 Å². The lowest BCUT2D eigenvalue weighted by Gasteiger charge is -2.21. The van der Waals surface area contributed by atoms with Crippen molar-refractivity contribution in [3.05, 3.63) is 41.1 Å². The first-order chi connectivity index (χ1) is 12.0. The van der Waals surface area contributed by atoms with E-state index in [1.165, 1.54) is 24.0 Å². The third kappa shape index (κ3) is 4.28. The molecule has 0 unspecified atom stereocenters. The number of aliphatic hydroxyl groups is 1. The zero-order valence-corrected chi connectivity index (χ0v) is 15.5. The molecule has 3 rings (SSSR count). The summed E-state index contributed by atoms with van der Waals surface area (Å²) < 4.78 is 0. The van der Waals surface area contributed by atoms with Crippen LogP contribution in [0.4, 0.5) is 17.5 Å². The van der Waals surface area contributed by atoms with Crippen molar-refractivity contribution in [2.45, 2.75) is 52.5 Å². The van der Waals surface area contributed by atoms with Crippen LogP contribution in [-0.4, -0.2) is 27.7 Å². The summed E-state index contributed by atoms with van der Waals surface area (Å²) in [5, 5.41) is 16.4. The number of nitrogens with zero attached hydrogens (tertiary/aromatic N) is 2. The summed E-state index contributed by atoms with van der Waals surface area (Å²) in [7, 11) is 0. The Hall–Kier alpha value is -2.14. The van der Waals surface area contributed by atoms with Gasteiger partial charge in [-0.05, 0) is 43.7 Å². The van der Waals surface area contributed by atoms with Crippen LogP contribution in [0.25, 0.3) is 0 Å². The maximum Gasteiger partial charge on any atom is 0.225 e. The van der Waals surface area contributed by atoms with Gasteiger partial charge in [-0.2, -0.15) is 4.98 Å². The van der Waals surface area contributed by atoms with E-state index in [0.29, 0.717) is 17.8 Å². The predicted octanol–water partition coefficient (Wildman–Crippen LogP) is 4.14. The van der Waals surface area contributed by atoms with Crippen LogP contribution in [0.2, 0.25) is 0 Å². The number of hydrogen-bond donors (Lipinski definition) is 3. The van der Waals surface area contributed by atoms with E-state index in [1.54, 1.807) is 0 Å². The smallest absolute Gasteiger partial charge is 0.225 e. The van der Waals surface area contributed by atoms with Crippen LogP contribution in [-0.2, 0) is 0 Å². The lowest BCUT2D eigenvalue weighted by Crippen LogP contribution is -2.30. The highest BCUT2D eigenvalue weighted by molar-refractivity contribution is 5.65. The molecule has 1 aliphatic carbocycles. The molecule has 0 amide bonds. The fourth-order valence-corrected chi connectivity index (χ4v) is 2.91. The van der Waals surface area contributed by atoms with Gasteiger partial charge in [0, 0.05) is 17.7 Å². The van der Waals surface area contributed by atoms with Crippen LogP contribution < -0.4 is 10.6 Å². The predicted molar refractivity (Wildman–Crippen MR) is 103 cm³/mol. The number of aliphatic hydroxyl groups excluding tert-OH is 1. The Morgan fingerprint density at radius 2 is 1.84 bits per heavy atom. The zero-order valence-electron chi connectivity index (χ0n) is 15.5. The zero-order chi connectivity index (χ0) is 18.0. The molecule has 1 heterocycles. The molecule has 5 heteroatoms. The molecule has 1 fully saturated rings. The van der Waals surface area contributed by atoms with Crippen molar-refractivity contribution in [2.75, 3.05) is 17.2 Å². The summed E-state index contributed by atoms with van der Waals surface area (Å²) in [6, 6.07) is 8.25. The molecule has 0 aliphatic heterocycles. The lowest BCUT2D eigenvalue weighted by molar-refractivity contribution is 0.248. The minimum absolute atomic E-state index is 0.0532. The summed E-state index contributed by atoms with van der Waals surface area (Å²) in [5.74, 6) is 2.23. The fourth-order valence-electron chi connectivity index (χ4n) is 2.91. The third-order valence-corrected chi connectivity index (χ3v) is 4.79. The molecule has 0 spiro atoms. The van der Waals surface area contributed by atoms with Gasteiger partial charge in [-0.1, -0.05) is 32.0 Å². The Morgan fingerprint density at radius 3 is 2.40 bits per heavy atom. The number of aromatic nitrogens is 2. The van der Waals surface area contributed by atoms with Crippen LogP contribution in [0.15, 0.2) is 24.3 Å². The van der Waals surface area contributed by atoms with Gasteiger partial charge < -0.3 is 15.7 Å². The van der Waals surface area contributed by atoms with Crippen molar-refractivity contribution in [3.63, 3.8) is 0 Å².